The number of nitrogens with one attached hydrogen (secondary N) is 1. The summed E-state index contributed by atoms with van der Waals surface area (Å²) in [5.74, 6) is -0.494. The van der Waals surface area contributed by atoms with Gasteiger partial charge in [0.15, 0.2) is 0 Å². The molecule has 24 heavy (non-hydrogen) atoms. The number of urea groups is 1. The van der Waals surface area contributed by atoms with Gasteiger partial charge in [0.1, 0.15) is 6.04 Å². The third-order valence-corrected chi connectivity index (χ3v) is 5.08. The Kier molecular flexibility index (Phi) is 4.06. The molecule has 1 aromatic rings. The van der Waals surface area contributed by atoms with Crippen molar-refractivity contribution in [3.63, 3.8) is 0 Å². The van der Waals surface area contributed by atoms with Gasteiger partial charge in [-0.15, -0.1) is 0 Å². The lowest BCUT2D eigenvalue weighted by molar-refractivity contribution is -0.138. The molecular weight excluding hydrogens is 310 g/mol. The van der Waals surface area contributed by atoms with Gasteiger partial charge in [0.25, 0.3) is 5.91 Å². The van der Waals surface area contributed by atoms with Crippen molar-refractivity contribution in [3.8, 4) is 0 Å². The number of piperazine rings is 1. The van der Waals surface area contributed by atoms with Crippen molar-refractivity contribution in [1.82, 2.24) is 24.9 Å². The number of hydrogen-bond donors (Lipinski definition) is 1. The van der Waals surface area contributed by atoms with E-state index in [0.717, 1.165) is 17.0 Å². The predicted molar refractivity (Wildman–Crippen MR) is 86.2 cm³/mol. The smallest absolute Gasteiger partial charge is 0.324 e. The molecule has 0 aliphatic carbocycles. The van der Waals surface area contributed by atoms with Crippen LogP contribution in [-0.2, 0) is 23.1 Å². The fourth-order valence-electron chi connectivity index (χ4n) is 3.53. The van der Waals surface area contributed by atoms with E-state index in [9.17, 15) is 14.4 Å². The van der Waals surface area contributed by atoms with Crippen LogP contribution >= 0.6 is 0 Å². The summed E-state index contributed by atoms with van der Waals surface area (Å²) in [6.07, 6.45) is 0.625. The molecule has 0 radical (unpaired) electrons. The highest BCUT2D eigenvalue weighted by atomic mass is 16.2. The quantitative estimate of drug-likeness (QED) is 0.788. The van der Waals surface area contributed by atoms with E-state index in [1.54, 1.807) is 4.90 Å². The number of aromatic nitrogens is 2. The first-order valence-electron chi connectivity index (χ1n) is 8.19. The maximum absolute atomic E-state index is 12.8. The zero-order valence-corrected chi connectivity index (χ0v) is 14.5. The molecule has 0 bridgehead atoms. The maximum Gasteiger partial charge on any atom is 0.324 e. The summed E-state index contributed by atoms with van der Waals surface area (Å²) in [6, 6.07) is -0.906. The molecule has 3 heterocycles. The molecule has 3 rings (SSSR count). The third-order valence-electron chi connectivity index (χ3n) is 5.08. The molecule has 8 heteroatoms. The highest BCUT2D eigenvalue weighted by molar-refractivity contribution is 6.04. The number of aryl methyl sites for hydroxylation is 2. The topological polar surface area (TPSA) is 87.5 Å². The van der Waals surface area contributed by atoms with Gasteiger partial charge in [0, 0.05) is 31.7 Å². The van der Waals surface area contributed by atoms with E-state index in [0.29, 0.717) is 19.5 Å². The molecule has 8 nitrogen and oxygen atoms in total. The second kappa shape index (κ2) is 5.92. The van der Waals surface area contributed by atoms with Gasteiger partial charge in [-0.2, -0.15) is 5.10 Å². The minimum Gasteiger partial charge on any atom is -0.338 e. The average molecular weight is 333 g/mol. The van der Waals surface area contributed by atoms with Crippen molar-refractivity contribution < 1.29 is 14.4 Å². The first-order chi connectivity index (χ1) is 11.3. The Balaban J connectivity index is 1.68. The van der Waals surface area contributed by atoms with Gasteiger partial charge in [0.2, 0.25) is 5.91 Å². The normalized spacial score (nSPS) is 21.8. The van der Waals surface area contributed by atoms with E-state index in [-0.39, 0.29) is 30.3 Å². The van der Waals surface area contributed by atoms with Crippen LogP contribution in [0.15, 0.2) is 0 Å². The van der Waals surface area contributed by atoms with E-state index in [4.69, 9.17) is 0 Å². The minimum atomic E-state index is -0.552. The summed E-state index contributed by atoms with van der Waals surface area (Å²) in [6.45, 7) is 6.98. The number of fused-ring (bicyclic) bond motifs is 1. The van der Waals surface area contributed by atoms with Crippen LogP contribution in [0.2, 0.25) is 0 Å². The van der Waals surface area contributed by atoms with Crippen LogP contribution in [-0.4, -0.2) is 63.1 Å². The van der Waals surface area contributed by atoms with Crippen molar-refractivity contribution in [2.24, 2.45) is 13.0 Å². The Morgan fingerprint density at radius 1 is 1.33 bits per heavy atom. The van der Waals surface area contributed by atoms with Crippen molar-refractivity contribution in [3.05, 3.63) is 17.0 Å². The molecule has 1 N–H and O–H groups in total. The Hall–Kier alpha value is -2.38. The monoisotopic (exact) mass is 333 g/mol. The Labute approximate surface area is 140 Å². The van der Waals surface area contributed by atoms with Crippen LogP contribution in [0.4, 0.5) is 4.79 Å². The fourth-order valence-corrected chi connectivity index (χ4v) is 3.53. The number of hydrogen-bond acceptors (Lipinski definition) is 4. The van der Waals surface area contributed by atoms with Crippen LogP contribution < -0.4 is 5.32 Å². The average Bonchev–Trinajstić information content (AvgIpc) is 2.96. The van der Waals surface area contributed by atoms with Crippen LogP contribution in [0.1, 0.15) is 23.9 Å². The largest absolute Gasteiger partial charge is 0.338 e. The molecule has 2 aliphatic rings. The van der Waals surface area contributed by atoms with Gasteiger partial charge in [-0.25, -0.2) is 4.79 Å². The number of carbonyl (C=O) groups excluding carboxylic acids is 3. The molecule has 2 fully saturated rings. The molecule has 130 valence electrons. The molecule has 2 unspecified atom stereocenters. The fraction of sp³-hybridized carbons (Fsp3) is 0.625. The summed E-state index contributed by atoms with van der Waals surface area (Å²) in [4.78, 5) is 39.4. The summed E-state index contributed by atoms with van der Waals surface area (Å²) in [5.41, 5.74) is 3.11. The van der Waals surface area contributed by atoms with Crippen LogP contribution in [0.3, 0.4) is 0 Å². The molecule has 0 saturated carbocycles. The Bertz CT molecular complexity index is 711. The molecule has 2 aliphatic heterocycles. The second-order valence-corrected chi connectivity index (χ2v) is 6.67. The van der Waals surface area contributed by atoms with Crippen LogP contribution in [0.5, 0.6) is 0 Å². The first kappa shape index (κ1) is 16.5. The SMILES string of the molecule is Cc1nn(C)c(C)c1CC(C)C(=O)N1CCN2C(=O)NC(=O)C2C1. The first-order valence-corrected chi connectivity index (χ1v) is 8.19. The molecule has 4 amide bonds. The Morgan fingerprint density at radius 3 is 2.67 bits per heavy atom. The van der Waals surface area contributed by atoms with Crippen molar-refractivity contribution in [2.75, 3.05) is 19.6 Å². The highest BCUT2D eigenvalue weighted by Crippen LogP contribution is 2.21. The van der Waals surface area contributed by atoms with E-state index in [2.05, 4.69) is 10.4 Å². The summed E-state index contributed by atoms with van der Waals surface area (Å²) in [5, 5.41) is 6.70. The van der Waals surface area contributed by atoms with Gasteiger partial charge in [-0.3, -0.25) is 19.6 Å². The van der Waals surface area contributed by atoms with E-state index < -0.39 is 6.04 Å². The third kappa shape index (κ3) is 2.65. The van der Waals surface area contributed by atoms with Crippen molar-refractivity contribution in [1.29, 1.82) is 0 Å². The van der Waals surface area contributed by atoms with Gasteiger partial charge in [0.05, 0.1) is 12.2 Å². The lowest BCUT2D eigenvalue weighted by atomic mass is 9.97. The molecular formula is C16H23N5O3. The van der Waals surface area contributed by atoms with Crippen molar-refractivity contribution in [2.45, 2.75) is 33.2 Å². The lowest BCUT2D eigenvalue weighted by Gasteiger charge is -2.36. The van der Waals surface area contributed by atoms with Gasteiger partial charge < -0.3 is 9.80 Å². The molecule has 1 aromatic heterocycles. The van der Waals surface area contributed by atoms with E-state index in [1.807, 2.05) is 32.5 Å². The van der Waals surface area contributed by atoms with E-state index in [1.165, 1.54) is 4.90 Å². The summed E-state index contributed by atoms with van der Waals surface area (Å²) < 4.78 is 1.83. The molecule has 2 atom stereocenters. The highest BCUT2D eigenvalue weighted by Gasteiger charge is 2.43. The van der Waals surface area contributed by atoms with Gasteiger partial charge >= 0.3 is 6.03 Å². The predicted octanol–water partition coefficient (Wildman–Crippen LogP) is -0.0219. The van der Waals surface area contributed by atoms with Gasteiger partial charge in [-0.1, -0.05) is 6.92 Å². The zero-order valence-electron chi connectivity index (χ0n) is 14.5. The lowest BCUT2D eigenvalue weighted by Crippen LogP contribution is -2.55. The van der Waals surface area contributed by atoms with Crippen LogP contribution in [0, 0.1) is 19.8 Å². The van der Waals surface area contributed by atoms with Crippen LogP contribution in [0.25, 0.3) is 0 Å². The summed E-state index contributed by atoms with van der Waals surface area (Å²) in [7, 11) is 1.90. The second-order valence-electron chi connectivity index (χ2n) is 6.67. The number of amides is 4. The molecule has 0 spiro atoms. The maximum atomic E-state index is 12.8. The number of imide groups is 1. The molecule has 0 aromatic carbocycles. The van der Waals surface area contributed by atoms with Gasteiger partial charge in [-0.05, 0) is 25.8 Å². The zero-order chi connectivity index (χ0) is 17.6. The standard InChI is InChI=1S/C16H23N5O3/c1-9(7-12-10(2)18-19(4)11(12)3)15(23)20-5-6-21-13(8-20)14(22)17-16(21)24/h9,13H,5-8H2,1-4H3,(H,17,22,24). The van der Waals surface area contributed by atoms with Crippen molar-refractivity contribution >= 4 is 17.8 Å². The summed E-state index contributed by atoms with van der Waals surface area (Å²) >= 11 is 0. The minimum absolute atomic E-state index is 0.0180. The number of nitrogens with zero attached hydrogens (tertiary/aromatic N) is 4. The molecule has 2 saturated heterocycles. The Morgan fingerprint density at radius 2 is 2.04 bits per heavy atom. The van der Waals surface area contributed by atoms with E-state index >= 15 is 0 Å². The number of carbonyl (C=O) groups is 3. The number of rotatable bonds is 3.